The summed E-state index contributed by atoms with van der Waals surface area (Å²) in [5.74, 6) is -0.272. The fraction of sp³-hybridized carbons (Fsp3) is 0.312. The van der Waals surface area contributed by atoms with E-state index in [0.29, 0.717) is 22.5 Å². The van der Waals surface area contributed by atoms with Crippen molar-refractivity contribution >= 4 is 17.5 Å². The molecular formula is C16H20N4O2. The van der Waals surface area contributed by atoms with Crippen LogP contribution >= 0.6 is 0 Å². The highest BCUT2D eigenvalue weighted by atomic mass is 16.2. The molecule has 116 valence electrons. The lowest BCUT2D eigenvalue weighted by molar-refractivity contribution is 0.0827. The van der Waals surface area contributed by atoms with Crippen molar-refractivity contribution in [2.75, 3.05) is 19.4 Å². The molecule has 0 aliphatic rings. The average molecular weight is 300 g/mol. The van der Waals surface area contributed by atoms with E-state index >= 15 is 0 Å². The first-order valence-electron chi connectivity index (χ1n) is 6.94. The number of anilines is 1. The molecule has 0 fully saturated rings. The van der Waals surface area contributed by atoms with Crippen molar-refractivity contribution in [3.63, 3.8) is 0 Å². The SMILES string of the molecule is Cc1nn(C)c(C)c1C(=O)Nc1ccc(C(=O)N(C)C)cc1. The second kappa shape index (κ2) is 6.01. The standard InChI is InChI=1S/C16H20N4O2/c1-10-14(11(2)20(5)18-10)15(21)17-13-8-6-12(7-9-13)16(22)19(3)4/h6-9H,1-5H3,(H,17,21). The minimum Gasteiger partial charge on any atom is -0.345 e. The number of amides is 2. The van der Waals surface area contributed by atoms with Gasteiger partial charge in [-0.2, -0.15) is 5.10 Å². The van der Waals surface area contributed by atoms with Crippen molar-refractivity contribution in [1.29, 1.82) is 0 Å². The number of nitrogens with zero attached hydrogens (tertiary/aromatic N) is 3. The number of carbonyl (C=O) groups is 2. The van der Waals surface area contributed by atoms with Gasteiger partial charge in [-0.15, -0.1) is 0 Å². The third-order valence-corrected chi connectivity index (χ3v) is 3.53. The van der Waals surface area contributed by atoms with Crippen LogP contribution in [-0.4, -0.2) is 40.6 Å². The number of rotatable bonds is 3. The van der Waals surface area contributed by atoms with E-state index in [9.17, 15) is 9.59 Å². The second-order valence-electron chi connectivity index (χ2n) is 5.40. The Balaban J connectivity index is 2.17. The summed E-state index contributed by atoms with van der Waals surface area (Å²) >= 11 is 0. The Bertz CT molecular complexity index is 714. The molecule has 6 heteroatoms. The quantitative estimate of drug-likeness (QED) is 0.942. The molecule has 0 unspecified atom stereocenters. The van der Waals surface area contributed by atoms with Crippen molar-refractivity contribution in [2.24, 2.45) is 7.05 Å². The molecule has 22 heavy (non-hydrogen) atoms. The molecule has 2 rings (SSSR count). The monoisotopic (exact) mass is 300 g/mol. The first-order valence-corrected chi connectivity index (χ1v) is 6.94. The van der Waals surface area contributed by atoms with Crippen LogP contribution in [0.3, 0.4) is 0 Å². The van der Waals surface area contributed by atoms with Gasteiger partial charge in [-0.25, -0.2) is 0 Å². The van der Waals surface area contributed by atoms with Gasteiger partial charge in [0.2, 0.25) is 0 Å². The molecule has 1 heterocycles. The summed E-state index contributed by atoms with van der Waals surface area (Å²) in [6.07, 6.45) is 0. The Labute approximate surface area is 129 Å². The van der Waals surface area contributed by atoms with Crippen LogP contribution in [0.4, 0.5) is 5.69 Å². The first kappa shape index (κ1) is 15.8. The topological polar surface area (TPSA) is 67.2 Å². The molecule has 0 spiro atoms. The Kier molecular flexibility index (Phi) is 4.30. The van der Waals surface area contributed by atoms with Gasteiger partial charge >= 0.3 is 0 Å². The second-order valence-corrected chi connectivity index (χ2v) is 5.40. The zero-order chi connectivity index (χ0) is 16.4. The van der Waals surface area contributed by atoms with Gasteiger partial charge in [0.1, 0.15) is 0 Å². The normalized spacial score (nSPS) is 10.4. The molecule has 6 nitrogen and oxygen atoms in total. The summed E-state index contributed by atoms with van der Waals surface area (Å²) in [7, 11) is 5.21. The summed E-state index contributed by atoms with van der Waals surface area (Å²) < 4.78 is 1.68. The molecule has 0 aliphatic heterocycles. The van der Waals surface area contributed by atoms with E-state index in [1.165, 1.54) is 4.90 Å². The van der Waals surface area contributed by atoms with Crippen LogP contribution in [0.2, 0.25) is 0 Å². The maximum Gasteiger partial charge on any atom is 0.259 e. The van der Waals surface area contributed by atoms with Gasteiger partial charge in [0, 0.05) is 38.1 Å². The van der Waals surface area contributed by atoms with Gasteiger partial charge in [-0.05, 0) is 38.1 Å². The van der Waals surface area contributed by atoms with Crippen LogP contribution in [0.1, 0.15) is 32.1 Å². The summed E-state index contributed by atoms with van der Waals surface area (Å²) in [5.41, 5.74) is 3.31. The highest BCUT2D eigenvalue weighted by Crippen LogP contribution is 2.16. The number of benzene rings is 1. The van der Waals surface area contributed by atoms with Gasteiger partial charge < -0.3 is 10.2 Å². The molecule has 0 saturated carbocycles. The lowest BCUT2D eigenvalue weighted by atomic mass is 10.1. The van der Waals surface area contributed by atoms with Gasteiger partial charge in [0.05, 0.1) is 11.3 Å². The van der Waals surface area contributed by atoms with Crippen LogP contribution in [0.15, 0.2) is 24.3 Å². The van der Waals surface area contributed by atoms with E-state index in [4.69, 9.17) is 0 Å². The van der Waals surface area contributed by atoms with E-state index in [0.717, 1.165) is 5.69 Å². The highest BCUT2D eigenvalue weighted by molar-refractivity contribution is 6.06. The molecule has 2 amide bonds. The summed E-state index contributed by atoms with van der Waals surface area (Å²) in [6, 6.07) is 6.83. The molecule has 2 aromatic rings. The number of aromatic nitrogens is 2. The fourth-order valence-corrected chi connectivity index (χ4v) is 2.25. The molecule has 1 N–H and O–H groups in total. The van der Waals surface area contributed by atoms with E-state index < -0.39 is 0 Å². The number of hydrogen-bond donors (Lipinski definition) is 1. The van der Waals surface area contributed by atoms with Crippen LogP contribution < -0.4 is 5.32 Å². The van der Waals surface area contributed by atoms with E-state index in [1.54, 1.807) is 57.0 Å². The molecule has 0 radical (unpaired) electrons. The predicted octanol–water partition coefficient (Wildman–Crippen LogP) is 1.99. The zero-order valence-electron chi connectivity index (χ0n) is 13.5. The first-order chi connectivity index (χ1) is 10.3. The average Bonchev–Trinajstić information content (AvgIpc) is 2.72. The lowest BCUT2D eigenvalue weighted by Gasteiger charge is -2.11. The Morgan fingerprint density at radius 2 is 1.73 bits per heavy atom. The lowest BCUT2D eigenvalue weighted by Crippen LogP contribution is -2.21. The van der Waals surface area contributed by atoms with Crippen molar-refractivity contribution < 1.29 is 9.59 Å². The van der Waals surface area contributed by atoms with E-state index in [-0.39, 0.29) is 11.8 Å². The molecule has 0 aliphatic carbocycles. The number of carbonyl (C=O) groups excluding carboxylic acids is 2. The van der Waals surface area contributed by atoms with E-state index in [2.05, 4.69) is 10.4 Å². The summed E-state index contributed by atoms with van der Waals surface area (Å²) in [4.78, 5) is 25.7. The van der Waals surface area contributed by atoms with E-state index in [1.807, 2.05) is 6.92 Å². The number of aryl methyl sites for hydroxylation is 2. The van der Waals surface area contributed by atoms with Crippen LogP contribution in [0.5, 0.6) is 0 Å². The fourth-order valence-electron chi connectivity index (χ4n) is 2.25. The molecule has 0 atom stereocenters. The van der Waals surface area contributed by atoms with Crippen molar-refractivity contribution in [1.82, 2.24) is 14.7 Å². The largest absolute Gasteiger partial charge is 0.345 e. The van der Waals surface area contributed by atoms with Gasteiger partial charge in [0.25, 0.3) is 11.8 Å². The molecule has 0 bridgehead atoms. The number of nitrogens with one attached hydrogen (secondary N) is 1. The molecular weight excluding hydrogens is 280 g/mol. The van der Waals surface area contributed by atoms with Crippen LogP contribution in [0, 0.1) is 13.8 Å². The molecule has 1 aromatic heterocycles. The maximum atomic E-state index is 12.4. The molecule has 0 saturated heterocycles. The van der Waals surface area contributed by atoms with Crippen LogP contribution in [0.25, 0.3) is 0 Å². The summed E-state index contributed by atoms with van der Waals surface area (Å²) in [6.45, 7) is 3.66. The third-order valence-electron chi connectivity index (χ3n) is 3.53. The van der Waals surface area contributed by atoms with Crippen molar-refractivity contribution in [2.45, 2.75) is 13.8 Å². The number of hydrogen-bond acceptors (Lipinski definition) is 3. The minimum absolute atomic E-state index is 0.0724. The van der Waals surface area contributed by atoms with Gasteiger partial charge in [-0.3, -0.25) is 14.3 Å². The highest BCUT2D eigenvalue weighted by Gasteiger charge is 2.17. The maximum absolute atomic E-state index is 12.4. The Morgan fingerprint density at radius 1 is 1.14 bits per heavy atom. The smallest absolute Gasteiger partial charge is 0.259 e. The van der Waals surface area contributed by atoms with Gasteiger partial charge in [0.15, 0.2) is 0 Å². The van der Waals surface area contributed by atoms with Gasteiger partial charge in [-0.1, -0.05) is 0 Å². The Morgan fingerprint density at radius 3 is 2.18 bits per heavy atom. The van der Waals surface area contributed by atoms with Crippen LogP contribution in [-0.2, 0) is 7.05 Å². The third kappa shape index (κ3) is 3.00. The minimum atomic E-state index is -0.199. The van der Waals surface area contributed by atoms with Crippen molar-refractivity contribution in [3.05, 3.63) is 46.8 Å². The predicted molar refractivity (Wildman–Crippen MR) is 85.1 cm³/mol. The molecule has 1 aromatic carbocycles. The summed E-state index contributed by atoms with van der Waals surface area (Å²) in [5, 5.41) is 7.07. The zero-order valence-corrected chi connectivity index (χ0v) is 13.5. The Hall–Kier alpha value is -2.63. The van der Waals surface area contributed by atoms with Crippen molar-refractivity contribution in [3.8, 4) is 0 Å².